The molecule has 2 saturated carbocycles. The molecular weight excluding hydrogens is 404 g/mol. The summed E-state index contributed by atoms with van der Waals surface area (Å²) in [4.78, 5) is 13.9. The molecule has 0 spiro atoms. The van der Waals surface area contributed by atoms with E-state index in [9.17, 15) is 25.2 Å². The van der Waals surface area contributed by atoms with Gasteiger partial charge in [-0.2, -0.15) is 0 Å². The highest BCUT2D eigenvalue weighted by molar-refractivity contribution is 6.02. The van der Waals surface area contributed by atoms with Crippen molar-refractivity contribution in [1.82, 2.24) is 0 Å². The number of rotatable bonds is 8. The number of carbonyl (C=O) groups is 1. The zero-order chi connectivity index (χ0) is 23.9. The molecule has 3 rings (SSSR count). The number of carbonyl (C=O) groups excluding carboxylic acids is 1. The summed E-state index contributed by atoms with van der Waals surface area (Å²) in [6.45, 7) is 10.9. The zero-order valence-corrected chi connectivity index (χ0v) is 20.8. The van der Waals surface area contributed by atoms with E-state index in [-0.39, 0.29) is 30.1 Å². The predicted molar refractivity (Wildman–Crippen MR) is 126 cm³/mol. The van der Waals surface area contributed by atoms with Gasteiger partial charge < -0.3 is 20.4 Å². The van der Waals surface area contributed by atoms with Crippen molar-refractivity contribution >= 4 is 5.78 Å². The summed E-state index contributed by atoms with van der Waals surface area (Å²) >= 11 is 0. The summed E-state index contributed by atoms with van der Waals surface area (Å²) in [5, 5.41) is 42.4. The number of hydrogen-bond acceptors (Lipinski definition) is 5. The van der Waals surface area contributed by atoms with E-state index in [2.05, 4.69) is 27.7 Å². The molecule has 0 aromatic carbocycles. The van der Waals surface area contributed by atoms with Crippen molar-refractivity contribution in [2.24, 2.45) is 34.5 Å². The van der Waals surface area contributed by atoms with E-state index in [4.69, 9.17) is 0 Å². The molecule has 0 aliphatic heterocycles. The summed E-state index contributed by atoms with van der Waals surface area (Å²) in [6, 6.07) is 0. The first-order chi connectivity index (χ1) is 14.9. The van der Waals surface area contributed by atoms with Crippen LogP contribution < -0.4 is 0 Å². The van der Waals surface area contributed by atoms with Crippen molar-refractivity contribution in [3.05, 3.63) is 11.6 Å². The summed E-state index contributed by atoms with van der Waals surface area (Å²) in [5.41, 5.74) is -2.28. The van der Waals surface area contributed by atoms with E-state index in [1.807, 2.05) is 0 Å². The molecule has 0 bridgehead atoms. The van der Waals surface area contributed by atoms with E-state index >= 15 is 0 Å². The Hall–Kier alpha value is -0.750. The van der Waals surface area contributed by atoms with Gasteiger partial charge in [-0.3, -0.25) is 4.79 Å². The Bertz CT molecular complexity index is 717. The maximum Gasteiger partial charge on any atom is 0.167 e. The molecule has 0 aromatic heterocycles. The summed E-state index contributed by atoms with van der Waals surface area (Å²) < 4.78 is 0. The molecule has 5 nitrogen and oxygen atoms in total. The Morgan fingerprint density at radius 2 is 1.78 bits per heavy atom. The first kappa shape index (κ1) is 25.9. The second-order valence-electron chi connectivity index (χ2n) is 12.1. The number of aliphatic hydroxyl groups is 4. The average molecular weight is 451 g/mol. The topological polar surface area (TPSA) is 98.0 Å². The molecular formula is C27H46O5. The summed E-state index contributed by atoms with van der Waals surface area (Å²) in [7, 11) is 0. The van der Waals surface area contributed by atoms with Gasteiger partial charge in [0.25, 0.3) is 0 Å². The Balaban J connectivity index is 1.90. The molecule has 32 heavy (non-hydrogen) atoms. The minimum absolute atomic E-state index is 0.0221. The number of aliphatic hydroxyl groups excluding tert-OH is 3. The third-order valence-electron chi connectivity index (χ3n) is 9.63. The molecule has 0 saturated heterocycles. The van der Waals surface area contributed by atoms with Gasteiger partial charge in [-0.1, -0.05) is 47.0 Å². The number of hydrogen-bond donors (Lipinski definition) is 4. The van der Waals surface area contributed by atoms with Gasteiger partial charge in [-0.25, -0.2) is 0 Å². The quantitative estimate of drug-likeness (QED) is 0.448. The van der Waals surface area contributed by atoms with Crippen molar-refractivity contribution in [3.8, 4) is 0 Å². The fourth-order valence-corrected chi connectivity index (χ4v) is 7.45. The summed E-state index contributed by atoms with van der Waals surface area (Å²) in [5.74, 6) is 1.53. The monoisotopic (exact) mass is 450 g/mol. The summed E-state index contributed by atoms with van der Waals surface area (Å²) in [6.07, 6.45) is 6.67. The van der Waals surface area contributed by atoms with Gasteiger partial charge in [0.2, 0.25) is 0 Å². The molecule has 3 aliphatic rings. The lowest BCUT2D eigenvalue weighted by Gasteiger charge is -2.54. The normalized spacial score (nSPS) is 43.3. The van der Waals surface area contributed by atoms with Crippen molar-refractivity contribution in [1.29, 1.82) is 0 Å². The highest BCUT2D eigenvalue weighted by Crippen LogP contribution is 2.60. The molecule has 8 atom stereocenters. The highest BCUT2D eigenvalue weighted by Gasteiger charge is 2.63. The van der Waals surface area contributed by atoms with Crippen LogP contribution in [-0.4, -0.2) is 50.6 Å². The molecule has 184 valence electrons. The Kier molecular flexibility index (Phi) is 7.66. The minimum Gasteiger partial charge on any atom is -0.396 e. The lowest BCUT2D eigenvalue weighted by Crippen LogP contribution is -2.65. The first-order valence-electron chi connectivity index (χ1n) is 12.9. The predicted octanol–water partition coefficient (Wildman–Crippen LogP) is 4.02. The van der Waals surface area contributed by atoms with Gasteiger partial charge in [-0.05, 0) is 79.8 Å². The lowest BCUT2D eigenvalue weighted by atomic mass is 9.53. The molecule has 0 aromatic rings. The second-order valence-corrected chi connectivity index (χ2v) is 12.1. The Morgan fingerprint density at radius 1 is 1.09 bits per heavy atom. The van der Waals surface area contributed by atoms with Crippen LogP contribution in [0.4, 0.5) is 0 Å². The molecule has 0 amide bonds. The van der Waals surface area contributed by atoms with Gasteiger partial charge in [0.05, 0.1) is 11.5 Å². The van der Waals surface area contributed by atoms with Gasteiger partial charge in [0.1, 0.15) is 11.7 Å². The third-order valence-corrected chi connectivity index (χ3v) is 9.63. The maximum absolute atomic E-state index is 13.9. The van der Waals surface area contributed by atoms with Crippen molar-refractivity contribution in [2.45, 2.75) is 110 Å². The SMILES string of the molecule is CC(C)CCCC(C)C1CCC(C2=CC(O)C3(O)CC(O)CCC3(C)C2=O)C1(C)CCO. The number of ketones is 1. The van der Waals surface area contributed by atoms with Crippen LogP contribution in [0.15, 0.2) is 11.6 Å². The fraction of sp³-hybridized carbons (Fsp3) is 0.889. The number of allylic oxidation sites excluding steroid dienone is 1. The van der Waals surface area contributed by atoms with Crippen LogP contribution in [0, 0.1) is 34.5 Å². The maximum atomic E-state index is 13.9. The molecule has 2 fully saturated rings. The van der Waals surface area contributed by atoms with Gasteiger partial charge in [0.15, 0.2) is 5.78 Å². The van der Waals surface area contributed by atoms with Crippen molar-refractivity contribution < 1.29 is 25.2 Å². The third kappa shape index (κ3) is 4.23. The first-order valence-corrected chi connectivity index (χ1v) is 12.9. The molecule has 3 aliphatic carbocycles. The lowest BCUT2D eigenvalue weighted by molar-refractivity contribution is -0.191. The van der Waals surface area contributed by atoms with Crippen molar-refractivity contribution in [2.75, 3.05) is 6.61 Å². The average Bonchev–Trinajstić information content (AvgIpc) is 3.04. The van der Waals surface area contributed by atoms with E-state index < -0.39 is 23.2 Å². The van der Waals surface area contributed by atoms with Crippen LogP contribution in [0.25, 0.3) is 0 Å². The molecule has 4 N–H and O–H groups in total. The van der Waals surface area contributed by atoms with Crippen LogP contribution in [0.1, 0.15) is 92.4 Å². The van der Waals surface area contributed by atoms with Crippen LogP contribution in [-0.2, 0) is 4.79 Å². The fourth-order valence-electron chi connectivity index (χ4n) is 7.45. The van der Waals surface area contributed by atoms with Gasteiger partial charge in [0, 0.05) is 13.0 Å². The van der Waals surface area contributed by atoms with Crippen LogP contribution in [0.3, 0.4) is 0 Å². The van der Waals surface area contributed by atoms with Crippen LogP contribution >= 0.6 is 0 Å². The highest BCUT2D eigenvalue weighted by atomic mass is 16.3. The van der Waals surface area contributed by atoms with Gasteiger partial charge in [-0.15, -0.1) is 0 Å². The number of Topliss-reactive ketones (excluding diaryl/α,β-unsaturated/α-hetero) is 1. The van der Waals surface area contributed by atoms with E-state index in [1.165, 1.54) is 12.8 Å². The minimum atomic E-state index is -1.62. The second kappa shape index (κ2) is 9.48. The molecule has 8 unspecified atom stereocenters. The van der Waals surface area contributed by atoms with E-state index in [0.717, 1.165) is 19.3 Å². The van der Waals surface area contributed by atoms with E-state index in [0.29, 0.717) is 42.6 Å². The molecule has 0 heterocycles. The molecule has 5 heteroatoms. The van der Waals surface area contributed by atoms with Crippen LogP contribution in [0.5, 0.6) is 0 Å². The van der Waals surface area contributed by atoms with E-state index in [1.54, 1.807) is 13.0 Å². The standard InChI is InChI=1S/C27H46O5/c1-17(2)7-6-8-18(3)21-9-10-22(25(21,4)13-14-28)20-15-23(30)27(32)16-19(29)11-12-26(27,5)24(20)31/h15,17-19,21-23,28-30,32H,6-14,16H2,1-5H3. The van der Waals surface area contributed by atoms with Gasteiger partial charge >= 0.3 is 0 Å². The Labute approximate surface area is 194 Å². The van der Waals surface area contributed by atoms with Crippen molar-refractivity contribution in [3.63, 3.8) is 0 Å². The Morgan fingerprint density at radius 3 is 2.41 bits per heavy atom. The molecule has 0 radical (unpaired) electrons. The number of fused-ring (bicyclic) bond motifs is 1. The zero-order valence-electron chi connectivity index (χ0n) is 20.8. The van der Waals surface area contributed by atoms with Crippen LogP contribution in [0.2, 0.25) is 0 Å². The largest absolute Gasteiger partial charge is 0.396 e. The smallest absolute Gasteiger partial charge is 0.167 e.